The van der Waals surface area contributed by atoms with Crippen molar-refractivity contribution in [3.63, 3.8) is 0 Å². The lowest BCUT2D eigenvalue weighted by atomic mass is 10.0. The summed E-state index contributed by atoms with van der Waals surface area (Å²) in [6.07, 6.45) is 3.83. The first kappa shape index (κ1) is 12.0. The van der Waals surface area contributed by atoms with Gasteiger partial charge < -0.3 is 5.32 Å². The van der Waals surface area contributed by atoms with E-state index < -0.39 is 0 Å². The van der Waals surface area contributed by atoms with Gasteiger partial charge in [-0.15, -0.1) is 0 Å². The molecule has 84 valence electrons. The molecule has 1 rings (SSSR count). The fourth-order valence-electron chi connectivity index (χ4n) is 2.49. The van der Waals surface area contributed by atoms with Crippen molar-refractivity contribution in [1.29, 1.82) is 0 Å². The predicted octanol–water partition coefficient (Wildman–Crippen LogP) is 2.25. The predicted molar refractivity (Wildman–Crippen MR) is 62.6 cm³/mol. The Labute approximate surface area is 89.1 Å². The van der Waals surface area contributed by atoms with Crippen LogP contribution in [0.1, 0.15) is 47.0 Å². The molecule has 1 saturated heterocycles. The minimum absolute atomic E-state index is 0.711. The number of nitrogens with one attached hydrogen (secondary N) is 1. The van der Waals surface area contributed by atoms with Crippen molar-refractivity contribution in [2.75, 3.05) is 13.1 Å². The monoisotopic (exact) mass is 198 g/mol. The van der Waals surface area contributed by atoms with Crippen LogP contribution in [0.3, 0.4) is 0 Å². The third-order valence-corrected chi connectivity index (χ3v) is 3.60. The van der Waals surface area contributed by atoms with Crippen LogP contribution in [-0.2, 0) is 0 Å². The minimum atomic E-state index is 0.711. The van der Waals surface area contributed by atoms with E-state index in [4.69, 9.17) is 0 Å². The summed E-state index contributed by atoms with van der Waals surface area (Å²) in [5.41, 5.74) is 0. The summed E-state index contributed by atoms with van der Waals surface area (Å²) < 4.78 is 0. The normalized spacial score (nSPS) is 29.8. The molecule has 0 aliphatic carbocycles. The fourth-order valence-corrected chi connectivity index (χ4v) is 2.49. The molecule has 0 saturated carbocycles. The largest absolute Gasteiger partial charge is 0.311 e. The van der Waals surface area contributed by atoms with Crippen molar-refractivity contribution < 1.29 is 0 Å². The maximum absolute atomic E-state index is 3.61. The fraction of sp³-hybridized carbons (Fsp3) is 1.00. The highest BCUT2D eigenvalue weighted by Crippen LogP contribution is 2.16. The molecule has 0 aromatic carbocycles. The molecule has 0 bridgehead atoms. The van der Waals surface area contributed by atoms with Crippen molar-refractivity contribution in [1.82, 2.24) is 10.2 Å². The molecule has 1 heterocycles. The Morgan fingerprint density at radius 1 is 1.29 bits per heavy atom. The molecule has 14 heavy (non-hydrogen) atoms. The molecule has 1 aliphatic rings. The Hall–Kier alpha value is -0.0800. The number of hydrogen-bond donors (Lipinski definition) is 1. The third kappa shape index (κ3) is 2.71. The molecule has 1 fully saturated rings. The Balaban J connectivity index is 2.54. The van der Waals surface area contributed by atoms with Crippen molar-refractivity contribution in [2.24, 2.45) is 0 Å². The van der Waals surface area contributed by atoms with E-state index in [-0.39, 0.29) is 0 Å². The van der Waals surface area contributed by atoms with E-state index in [0.717, 1.165) is 12.6 Å². The average molecular weight is 198 g/mol. The zero-order valence-electron chi connectivity index (χ0n) is 10.2. The van der Waals surface area contributed by atoms with E-state index in [9.17, 15) is 0 Å². The molecule has 0 spiro atoms. The van der Waals surface area contributed by atoms with Gasteiger partial charge in [0.25, 0.3) is 0 Å². The lowest BCUT2D eigenvalue weighted by Crippen LogP contribution is -2.58. The van der Waals surface area contributed by atoms with E-state index in [0.29, 0.717) is 12.1 Å². The Kier molecular flexibility index (Phi) is 4.90. The van der Waals surface area contributed by atoms with Gasteiger partial charge in [0.1, 0.15) is 0 Å². The SMILES string of the molecule is CCC1CN(C(CC)CC)C(C)CN1. The zero-order valence-corrected chi connectivity index (χ0v) is 10.2. The van der Waals surface area contributed by atoms with Crippen LogP contribution in [-0.4, -0.2) is 36.1 Å². The van der Waals surface area contributed by atoms with Crippen LogP contribution in [0.5, 0.6) is 0 Å². The molecule has 2 heteroatoms. The van der Waals surface area contributed by atoms with Gasteiger partial charge in [-0.1, -0.05) is 20.8 Å². The minimum Gasteiger partial charge on any atom is -0.311 e. The van der Waals surface area contributed by atoms with Crippen molar-refractivity contribution in [2.45, 2.75) is 65.1 Å². The van der Waals surface area contributed by atoms with E-state index in [1.807, 2.05) is 0 Å². The van der Waals surface area contributed by atoms with Gasteiger partial charge in [-0.25, -0.2) is 0 Å². The molecular weight excluding hydrogens is 172 g/mol. The van der Waals surface area contributed by atoms with Crippen molar-refractivity contribution in [3.8, 4) is 0 Å². The molecule has 0 aromatic heterocycles. The highest BCUT2D eigenvalue weighted by molar-refractivity contribution is 4.86. The number of nitrogens with zero attached hydrogens (tertiary/aromatic N) is 1. The van der Waals surface area contributed by atoms with Gasteiger partial charge in [-0.2, -0.15) is 0 Å². The van der Waals surface area contributed by atoms with Gasteiger partial charge in [0, 0.05) is 31.2 Å². The molecular formula is C12H26N2. The first-order valence-electron chi connectivity index (χ1n) is 6.21. The van der Waals surface area contributed by atoms with Crippen LogP contribution in [0.4, 0.5) is 0 Å². The van der Waals surface area contributed by atoms with Gasteiger partial charge in [-0.05, 0) is 26.2 Å². The van der Waals surface area contributed by atoms with Crippen molar-refractivity contribution in [3.05, 3.63) is 0 Å². The van der Waals surface area contributed by atoms with E-state index in [1.54, 1.807) is 0 Å². The molecule has 2 nitrogen and oxygen atoms in total. The quantitative estimate of drug-likeness (QED) is 0.745. The number of rotatable bonds is 4. The van der Waals surface area contributed by atoms with Crippen LogP contribution in [0.25, 0.3) is 0 Å². The van der Waals surface area contributed by atoms with Gasteiger partial charge >= 0.3 is 0 Å². The molecule has 2 unspecified atom stereocenters. The standard InChI is InChI=1S/C12H26N2/c1-5-11-9-14(10(4)8-13-11)12(6-2)7-3/h10-13H,5-9H2,1-4H3. The van der Waals surface area contributed by atoms with E-state index in [2.05, 4.69) is 37.9 Å². The first-order valence-corrected chi connectivity index (χ1v) is 6.21. The lowest BCUT2D eigenvalue weighted by molar-refractivity contribution is 0.0848. The summed E-state index contributed by atoms with van der Waals surface area (Å²) >= 11 is 0. The second kappa shape index (κ2) is 5.72. The highest BCUT2D eigenvalue weighted by Gasteiger charge is 2.27. The van der Waals surface area contributed by atoms with Gasteiger partial charge in [0.15, 0.2) is 0 Å². The summed E-state index contributed by atoms with van der Waals surface area (Å²) in [5.74, 6) is 0. The van der Waals surface area contributed by atoms with Crippen LogP contribution >= 0.6 is 0 Å². The van der Waals surface area contributed by atoms with Crippen LogP contribution in [0.15, 0.2) is 0 Å². The van der Waals surface area contributed by atoms with Crippen LogP contribution < -0.4 is 5.32 Å². The number of piperazine rings is 1. The smallest absolute Gasteiger partial charge is 0.0196 e. The maximum atomic E-state index is 3.61. The topological polar surface area (TPSA) is 15.3 Å². The average Bonchev–Trinajstić information content (AvgIpc) is 2.22. The Morgan fingerprint density at radius 2 is 1.93 bits per heavy atom. The van der Waals surface area contributed by atoms with Gasteiger partial charge in [0.05, 0.1) is 0 Å². The van der Waals surface area contributed by atoms with Crippen LogP contribution in [0.2, 0.25) is 0 Å². The first-order chi connectivity index (χ1) is 6.72. The summed E-state index contributed by atoms with van der Waals surface area (Å²) in [7, 11) is 0. The van der Waals surface area contributed by atoms with Gasteiger partial charge in [-0.3, -0.25) is 4.90 Å². The summed E-state index contributed by atoms with van der Waals surface area (Å²) in [4.78, 5) is 2.70. The molecule has 2 atom stereocenters. The number of hydrogen-bond acceptors (Lipinski definition) is 2. The second-order valence-corrected chi connectivity index (χ2v) is 4.53. The van der Waals surface area contributed by atoms with Crippen molar-refractivity contribution >= 4 is 0 Å². The molecule has 0 amide bonds. The van der Waals surface area contributed by atoms with Gasteiger partial charge in [0.2, 0.25) is 0 Å². The zero-order chi connectivity index (χ0) is 10.6. The van der Waals surface area contributed by atoms with E-state index >= 15 is 0 Å². The lowest BCUT2D eigenvalue weighted by Gasteiger charge is -2.43. The van der Waals surface area contributed by atoms with Crippen LogP contribution in [0, 0.1) is 0 Å². The Bertz CT molecular complexity index is 154. The Morgan fingerprint density at radius 3 is 2.43 bits per heavy atom. The second-order valence-electron chi connectivity index (χ2n) is 4.53. The summed E-state index contributed by atoms with van der Waals surface area (Å²) in [6.45, 7) is 11.6. The molecule has 0 aromatic rings. The summed E-state index contributed by atoms with van der Waals surface area (Å²) in [6, 6.07) is 2.22. The highest BCUT2D eigenvalue weighted by atomic mass is 15.2. The van der Waals surface area contributed by atoms with E-state index in [1.165, 1.54) is 25.8 Å². The molecule has 1 N–H and O–H groups in total. The maximum Gasteiger partial charge on any atom is 0.0196 e. The summed E-state index contributed by atoms with van der Waals surface area (Å²) in [5, 5.41) is 3.61. The molecule has 1 aliphatic heterocycles. The third-order valence-electron chi connectivity index (χ3n) is 3.60. The molecule has 0 radical (unpaired) electrons.